The molecule has 10 heteroatoms. The third-order valence-electron chi connectivity index (χ3n) is 4.41. The average Bonchev–Trinajstić information content (AvgIpc) is 2.97. The van der Waals surface area contributed by atoms with Crippen molar-refractivity contribution in [1.29, 1.82) is 0 Å². The predicted molar refractivity (Wildman–Crippen MR) is 103 cm³/mol. The number of phenols is 1. The summed E-state index contributed by atoms with van der Waals surface area (Å²) in [5.41, 5.74) is 6.67. The number of carbonyl (C=O) groups excluding carboxylic acids is 1. The van der Waals surface area contributed by atoms with Crippen molar-refractivity contribution in [3.63, 3.8) is 0 Å². The molecule has 3 N–H and O–H groups in total. The number of carbonyl (C=O) groups is 1. The van der Waals surface area contributed by atoms with Crippen LogP contribution < -0.4 is 5.73 Å². The Morgan fingerprint density at radius 1 is 1.54 bits per heavy atom. The van der Waals surface area contributed by atoms with Gasteiger partial charge in [-0.3, -0.25) is 4.40 Å². The second-order valence-corrected chi connectivity index (χ2v) is 7.75. The van der Waals surface area contributed by atoms with E-state index < -0.39 is 28.1 Å². The van der Waals surface area contributed by atoms with Gasteiger partial charge in [0.1, 0.15) is 28.5 Å². The van der Waals surface area contributed by atoms with Gasteiger partial charge in [0.15, 0.2) is 5.82 Å². The van der Waals surface area contributed by atoms with Crippen LogP contribution >= 0.6 is 11.6 Å². The van der Waals surface area contributed by atoms with Gasteiger partial charge < -0.3 is 15.6 Å². The molecular formula is C18H17ClFN4O3Si. The van der Waals surface area contributed by atoms with Crippen LogP contribution in [0.15, 0.2) is 18.5 Å². The van der Waals surface area contributed by atoms with Gasteiger partial charge in [-0.05, 0) is 19.9 Å². The SMILES string of the molecule is CCOC(=O)c1c(O)c([C@](C)([Si])c2nc(C)c3c(N)nccn23)cc(Cl)c1F. The summed E-state index contributed by atoms with van der Waals surface area (Å²) in [6, 6.07) is 1.24. The zero-order valence-corrected chi connectivity index (χ0v) is 17.1. The zero-order valence-electron chi connectivity index (χ0n) is 15.4. The number of aromatic nitrogens is 3. The van der Waals surface area contributed by atoms with Gasteiger partial charge in [-0.15, -0.1) is 0 Å². The Kier molecular flexibility index (Phi) is 5.07. The van der Waals surface area contributed by atoms with Gasteiger partial charge in [0.25, 0.3) is 0 Å². The Hall–Kier alpha value is -2.65. The maximum atomic E-state index is 14.5. The number of phenolic OH excluding ortho intramolecular Hbond substituents is 1. The minimum absolute atomic E-state index is 0.0150. The fourth-order valence-electron chi connectivity index (χ4n) is 3.10. The number of nitrogens with two attached hydrogens (primary N) is 1. The lowest BCUT2D eigenvalue weighted by Crippen LogP contribution is -2.28. The standard InChI is InChI=1S/C18H17ClFN4O3Si/c1-4-27-16(26)11-12(20)10(19)7-9(14(11)25)18(3,28)17-23-8(2)13-15(21)22-5-6-24(13)17/h5-7,25H,4H2,1-3H3,(H2,21,22)/t18-/m0/s1. The van der Waals surface area contributed by atoms with E-state index in [1.165, 1.54) is 12.3 Å². The molecule has 145 valence electrons. The topological polar surface area (TPSA) is 103 Å². The number of benzene rings is 1. The van der Waals surface area contributed by atoms with Crippen molar-refractivity contribution in [2.75, 3.05) is 12.3 Å². The van der Waals surface area contributed by atoms with Crippen LogP contribution in [0, 0.1) is 12.7 Å². The van der Waals surface area contributed by atoms with E-state index in [-0.39, 0.29) is 23.0 Å². The number of halogens is 2. The van der Waals surface area contributed by atoms with E-state index in [0.29, 0.717) is 17.0 Å². The molecular weight excluding hydrogens is 403 g/mol. The van der Waals surface area contributed by atoms with Gasteiger partial charge in [-0.1, -0.05) is 18.5 Å². The number of aryl methyl sites for hydroxylation is 1. The van der Waals surface area contributed by atoms with Crippen LogP contribution in [-0.2, 0) is 9.78 Å². The molecule has 2 heterocycles. The molecule has 0 aliphatic rings. The predicted octanol–water partition coefficient (Wildman–Crippen LogP) is 2.73. The van der Waals surface area contributed by atoms with E-state index in [4.69, 9.17) is 22.1 Å². The maximum absolute atomic E-state index is 14.5. The molecule has 0 amide bonds. The van der Waals surface area contributed by atoms with Crippen LogP contribution in [0.1, 0.15) is 41.3 Å². The molecule has 28 heavy (non-hydrogen) atoms. The molecule has 1 aromatic carbocycles. The number of aromatic hydroxyl groups is 1. The van der Waals surface area contributed by atoms with Crippen LogP contribution in [0.25, 0.3) is 5.52 Å². The van der Waals surface area contributed by atoms with Gasteiger partial charge in [-0.2, -0.15) is 0 Å². The molecule has 0 aliphatic heterocycles. The van der Waals surface area contributed by atoms with Gasteiger partial charge >= 0.3 is 5.97 Å². The Bertz CT molecular complexity index is 1100. The summed E-state index contributed by atoms with van der Waals surface area (Å²) in [6.45, 7) is 5.04. The average molecular weight is 420 g/mol. The van der Waals surface area contributed by atoms with E-state index in [2.05, 4.69) is 20.2 Å². The number of nitrogens with zero attached hydrogens (tertiary/aromatic N) is 3. The molecule has 0 aliphatic carbocycles. The minimum atomic E-state index is -1.16. The van der Waals surface area contributed by atoms with Gasteiger partial charge in [0, 0.05) is 33.2 Å². The Morgan fingerprint density at radius 2 is 2.21 bits per heavy atom. The monoisotopic (exact) mass is 419 g/mol. The van der Waals surface area contributed by atoms with Crippen molar-refractivity contribution >= 4 is 39.1 Å². The number of hydrogen-bond donors (Lipinski definition) is 2. The normalized spacial score (nSPS) is 13.5. The molecule has 0 saturated carbocycles. The second-order valence-electron chi connectivity index (χ2n) is 6.34. The van der Waals surface area contributed by atoms with Crippen LogP contribution in [0.5, 0.6) is 5.75 Å². The van der Waals surface area contributed by atoms with Gasteiger partial charge in [0.2, 0.25) is 0 Å². The van der Waals surface area contributed by atoms with Crippen molar-refractivity contribution in [2.24, 2.45) is 0 Å². The summed E-state index contributed by atoms with van der Waals surface area (Å²) in [5.74, 6) is -1.94. The summed E-state index contributed by atoms with van der Waals surface area (Å²) in [6.07, 6.45) is 3.17. The first-order valence-electron chi connectivity index (χ1n) is 8.34. The maximum Gasteiger partial charge on any atom is 0.345 e. The molecule has 7 nitrogen and oxygen atoms in total. The van der Waals surface area contributed by atoms with E-state index in [1.807, 2.05) is 0 Å². The molecule has 0 saturated heterocycles. The highest BCUT2D eigenvalue weighted by Crippen LogP contribution is 2.40. The number of fused-ring (bicyclic) bond motifs is 1. The second kappa shape index (κ2) is 7.06. The number of nitrogen functional groups attached to an aromatic ring is 1. The first-order valence-corrected chi connectivity index (χ1v) is 9.22. The van der Waals surface area contributed by atoms with Crippen molar-refractivity contribution < 1.29 is 19.0 Å². The van der Waals surface area contributed by atoms with Gasteiger partial charge in [-0.25, -0.2) is 19.2 Å². The van der Waals surface area contributed by atoms with Gasteiger partial charge in [0.05, 0.1) is 17.3 Å². The molecule has 0 bridgehead atoms. The Labute approximate surface area is 168 Å². The summed E-state index contributed by atoms with van der Waals surface area (Å²) in [5, 5.41) is 9.22. The summed E-state index contributed by atoms with van der Waals surface area (Å²) < 4.78 is 21.0. The van der Waals surface area contributed by atoms with E-state index in [0.717, 1.165) is 0 Å². The third kappa shape index (κ3) is 3.00. The van der Waals surface area contributed by atoms with E-state index in [1.54, 1.807) is 31.4 Å². The highest BCUT2D eigenvalue weighted by atomic mass is 35.5. The number of imidazole rings is 1. The first kappa shape index (κ1) is 20.1. The lowest BCUT2D eigenvalue weighted by molar-refractivity contribution is 0.0517. The summed E-state index contributed by atoms with van der Waals surface area (Å²) in [7, 11) is 3.62. The number of rotatable bonds is 4. The number of ether oxygens (including phenoxy) is 1. The fourth-order valence-corrected chi connectivity index (χ4v) is 3.67. The fraction of sp³-hybridized carbons (Fsp3) is 0.278. The molecule has 1 atom stereocenters. The molecule has 3 rings (SSSR count). The van der Waals surface area contributed by atoms with Crippen LogP contribution in [0.2, 0.25) is 5.02 Å². The summed E-state index contributed by atoms with van der Waals surface area (Å²) in [4.78, 5) is 20.8. The quantitative estimate of drug-likeness (QED) is 0.498. The zero-order chi connectivity index (χ0) is 20.8. The van der Waals surface area contributed by atoms with Crippen LogP contribution in [0.4, 0.5) is 10.2 Å². The van der Waals surface area contributed by atoms with Crippen molar-refractivity contribution in [2.45, 2.75) is 25.8 Å². The van der Waals surface area contributed by atoms with E-state index >= 15 is 0 Å². The third-order valence-corrected chi connectivity index (χ3v) is 5.18. The van der Waals surface area contributed by atoms with Crippen LogP contribution in [-0.4, -0.2) is 42.3 Å². The first-order chi connectivity index (χ1) is 13.1. The van der Waals surface area contributed by atoms with Crippen molar-refractivity contribution in [3.8, 4) is 5.75 Å². The molecule has 0 fully saturated rings. The van der Waals surface area contributed by atoms with Crippen molar-refractivity contribution in [3.05, 3.63) is 51.9 Å². The highest BCUT2D eigenvalue weighted by molar-refractivity contribution is 6.31. The largest absolute Gasteiger partial charge is 0.507 e. The van der Waals surface area contributed by atoms with Crippen molar-refractivity contribution in [1.82, 2.24) is 14.4 Å². The lowest BCUT2D eigenvalue weighted by Gasteiger charge is -2.26. The van der Waals surface area contributed by atoms with Crippen LogP contribution in [0.3, 0.4) is 0 Å². The number of esters is 1. The molecule has 3 radical (unpaired) electrons. The highest BCUT2D eigenvalue weighted by Gasteiger charge is 2.36. The summed E-state index contributed by atoms with van der Waals surface area (Å²) >= 11 is 6.00. The Morgan fingerprint density at radius 3 is 2.86 bits per heavy atom. The molecule has 2 aromatic heterocycles. The minimum Gasteiger partial charge on any atom is -0.507 e. The smallest absolute Gasteiger partial charge is 0.345 e. The van der Waals surface area contributed by atoms with E-state index in [9.17, 15) is 14.3 Å². The molecule has 0 unspecified atom stereocenters. The lowest BCUT2D eigenvalue weighted by atomic mass is 9.95. The molecule has 0 spiro atoms. The molecule has 3 aromatic rings. The number of anilines is 1. The number of hydrogen-bond acceptors (Lipinski definition) is 6. The Balaban J connectivity index is 2.29.